The first kappa shape index (κ1) is 20.6. The van der Waals surface area contributed by atoms with Gasteiger partial charge in [0.15, 0.2) is 0 Å². The van der Waals surface area contributed by atoms with Crippen molar-refractivity contribution in [2.24, 2.45) is 0 Å². The van der Waals surface area contributed by atoms with Gasteiger partial charge in [0, 0.05) is 36.6 Å². The van der Waals surface area contributed by atoms with E-state index in [0.717, 1.165) is 29.8 Å². The van der Waals surface area contributed by atoms with E-state index in [2.05, 4.69) is 28.9 Å². The van der Waals surface area contributed by atoms with Crippen molar-refractivity contribution < 1.29 is 9.53 Å². The number of amides is 1. The number of nitrogens with zero attached hydrogens (tertiary/aromatic N) is 5. The van der Waals surface area contributed by atoms with Gasteiger partial charge in [0.05, 0.1) is 13.0 Å². The highest BCUT2D eigenvalue weighted by Gasteiger charge is 2.23. The quantitative estimate of drug-likeness (QED) is 0.624. The van der Waals surface area contributed by atoms with Gasteiger partial charge in [-0.3, -0.25) is 4.79 Å². The predicted molar refractivity (Wildman–Crippen MR) is 104 cm³/mol. The summed E-state index contributed by atoms with van der Waals surface area (Å²) in [5.41, 5.74) is 2.68. The normalized spacial score (nSPS) is 11.5. The summed E-state index contributed by atoms with van der Waals surface area (Å²) in [5, 5.41) is 5.15. The average molecular weight is 380 g/mol. The van der Waals surface area contributed by atoms with Gasteiger partial charge in [0.25, 0.3) is 5.78 Å². The number of rotatable bonds is 9. The zero-order valence-electron chi connectivity index (χ0n) is 16.6. The predicted octanol–water partition coefficient (Wildman–Crippen LogP) is 2.67. The molecule has 0 aromatic carbocycles. The summed E-state index contributed by atoms with van der Waals surface area (Å²) in [5.74, 6) is 0.685. The van der Waals surface area contributed by atoms with Crippen molar-refractivity contribution in [2.45, 2.75) is 58.2 Å². The first-order chi connectivity index (χ1) is 12.5. The molecular weight excluding hydrogens is 350 g/mol. The Hall–Kier alpha value is -1.67. The third-order valence-electron chi connectivity index (χ3n) is 4.78. The smallest absolute Gasteiger partial charge is 0.253 e. The van der Waals surface area contributed by atoms with Gasteiger partial charge in [-0.25, -0.2) is 9.50 Å². The van der Waals surface area contributed by atoms with Crippen molar-refractivity contribution in [1.29, 1.82) is 0 Å². The zero-order chi connectivity index (χ0) is 19.3. The zero-order valence-corrected chi connectivity index (χ0v) is 17.4. The van der Waals surface area contributed by atoms with Crippen LogP contribution in [0.5, 0.6) is 0 Å². The summed E-state index contributed by atoms with van der Waals surface area (Å²) >= 11 is 1.48. The molecule has 2 heterocycles. The van der Waals surface area contributed by atoms with Gasteiger partial charge in [-0.15, -0.1) is 5.10 Å². The van der Waals surface area contributed by atoms with Crippen LogP contribution in [0.15, 0.2) is 5.16 Å². The van der Waals surface area contributed by atoms with Gasteiger partial charge in [-0.2, -0.15) is 4.98 Å². The van der Waals surface area contributed by atoms with Gasteiger partial charge in [0.2, 0.25) is 11.1 Å². The molecule has 0 aliphatic rings. The maximum absolute atomic E-state index is 13.1. The molecule has 2 aromatic rings. The monoisotopic (exact) mass is 379 g/mol. The highest BCUT2D eigenvalue weighted by Crippen LogP contribution is 2.19. The van der Waals surface area contributed by atoms with Crippen LogP contribution >= 0.6 is 11.8 Å². The molecule has 0 spiro atoms. The van der Waals surface area contributed by atoms with E-state index in [1.807, 2.05) is 25.0 Å². The van der Waals surface area contributed by atoms with Gasteiger partial charge >= 0.3 is 0 Å². The number of aromatic nitrogens is 4. The molecule has 0 unspecified atom stereocenters. The summed E-state index contributed by atoms with van der Waals surface area (Å²) in [4.78, 5) is 24.0. The van der Waals surface area contributed by atoms with E-state index in [9.17, 15) is 4.79 Å². The van der Waals surface area contributed by atoms with Gasteiger partial charge in [-0.1, -0.05) is 25.6 Å². The Balaban J connectivity index is 2.33. The second kappa shape index (κ2) is 9.32. The van der Waals surface area contributed by atoms with Gasteiger partial charge in [-0.05, 0) is 32.9 Å². The molecule has 2 aromatic heterocycles. The highest BCUT2D eigenvalue weighted by atomic mass is 32.2. The Kier molecular flexibility index (Phi) is 7.40. The van der Waals surface area contributed by atoms with Crippen LogP contribution in [0.25, 0.3) is 5.78 Å². The fourth-order valence-corrected chi connectivity index (χ4v) is 3.55. The van der Waals surface area contributed by atoms with Crippen LogP contribution in [0.3, 0.4) is 0 Å². The average Bonchev–Trinajstić information content (AvgIpc) is 3.05. The minimum atomic E-state index is 0.105. The number of carbonyl (C=O) groups excluding carboxylic acids is 1. The molecule has 8 heteroatoms. The van der Waals surface area contributed by atoms with Crippen molar-refractivity contribution in [3.8, 4) is 0 Å². The number of fused-ring (bicyclic) bond motifs is 1. The molecule has 0 saturated carbocycles. The Labute approximate surface area is 159 Å². The summed E-state index contributed by atoms with van der Waals surface area (Å²) in [6.07, 6.45) is 4.11. The number of carbonyl (C=O) groups is 1. The summed E-state index contributed by atoms with van der Waals surface area (Å²) < 4.78 is 6.94. The SMILES string of the molecule is CCC(CC)N(CCOC)C(=O)Cc1c(C)nc2nc(SC)nn2c1C. The minimum absolute atomic E-state index is 0.105. The lowest BCUT2D eigenvalue weighted by atomic mass is 10.1. The van der Waals surface area contributed by atoms with Crippen LogP contribution in [0.1, 0.15) is 43.6 Å². The second-order valence-electron chi connectivity index (χ2n) is 6.30. The number of hydrogen-bond acceptors (Lipinski definition) is 6. The molecule has 0 radical (unpaired) electrons. The largest absolute Gasteiger partial charge is 0.383 e. The Morgan fingerprint density at radius 3 is 2.54 bits per heavy atom. The number of methoxy groups -OCH3 is 1. The van der Waals surface area contributed by atoms with Crippen molar-refractivity contribution in [3.05, 3.63) is 17.0 Å². The third-order valence-corrected chi connectivity index (χ3v) is 5.32. The summed E-state index contributed by atoms with van der Waals surface area (Å²) in [7, 11) is 1.66. The van der Waals surface area contributed by atoms with Crippen LogP contribution in [-0.2, 0) is 16.0 Å². The van der Waals surface area contributed by atoms with Gasteiger partial charge < -0.3 is 9.64 Å². The molecule has 7 nitrogen and oxygen atoms in total. The summed E-state index contributed by atoms with van der Waals surface area (Å²) in [6, 6.07) is 0.226. The van der Waals surface area contributed by atoms with Crippen LogP contribution in [-0.4, -0.2) is 62.9 Å². The molecule has 0 N–H and O–H groups in total. The molecule has 1 amide bonds. The van der Waals surface area contributed by atoms with Crippen LogP contribution in [0, 0.1) is 13.8 Å². The van der Waals surface area contributed by atoms with Crippen molar-refractivity contribution >= 4 is 23.4 Å². The third kappa shape index (κ3) is 4.35. The van der Waals surface area contributed by atoms with Crippen LogP contribution in [0.4, 0.5) is 0 Å². The maximum Gasteiger partial charge on any atom is 0.253 e. The lowest BCUT2D eigenvalue weighted by Crippen LogP contribution is -2.42. The Morgan fingerprint density at radius 2 is 1.96 bits per heavy atom. The first-order valence-corrected chi connectivity index (χ1v) is 10.2. The lowest BCUT2D eigenvalue weighted by Gasteiger charge is -2.31. The first-order valence-electron chi connectivity index (χ1n) is 9.01. The van der Waals surface area contributed by atoms with Crippen LogP contribution in [0.2, 0.25) is 0 Å². The van der Waals surface area contributed by atoms with E-state index < -0.39 is 0 Å². The van der Waals surface area contributed by atoms with E-state index >= 15 is 0 Å². The van der Waals surface area contributed by atoms with Gasteiger partial charge in [0.1, 0.15) is 0 Å². The van der Waals surface area contributed by atoms with Crippen LogP contribution < -0.4 is 0 Å². The molecule has 0 atom stereocenters. The number of ether oxygens (including phenoxy) is 1. The van der Waals surface area contributed by atoms with Crippen molar-refractivity contribution in [3.63, 3.8) is 0 Å². The Morgan fingerprint density at radius 1 is 1.27 bits per heavy atom. The maximum atomic E-state index is 13.1. The molecule has 0 bridgehead atoms. The second-order valence-corrected chi connectivity index (χ2v) is 7.07. The summed E-state index contributed by atoms with van der Waals surface area (Å²) in [6.45, 7) is 9.28. The molecule has 0 aliphatic carbocycles. The van der Waals surface area contributed by atoms with E-state index in [1.165, 1.54) is 11.8 Å². The lowest BCUT2D eigenvalue weighted by molar-refractivity contribution is -0.133. The molecule has 0 aliphatic heterocycles. The molecular formula is C18H29N5O2S. The standard InChI is InChI=1S/C18H29N5O2S/c1-7-14(8-2)22(9-10-25-5)16(24)11-15-12(3)19-17-20-18(26-6)21-23(17)13(15)4/h14H,7-11H2,1-6H3. The number of aryl methyl sites for hydroxylation is 2. The van der Waals surface area contributed by atoms with E-state index in [0.29, 0.717) is 30.5 Å². The Bertz CT molecular complexity index is 758. The van der Waals surface area contributed by atoms with Crippen molar-refractivity contribution in [1.82, 2.24) is 24.5 Å². The highest BCUT2D eigenvalue weighted by molar-refractivity contribution is 7.98. The van der Waals surface area contributed by atoms with Crippen molar-refractivity contribution in [2.75, 3.05) is 26.5 Å². The van der Waals surface area contributed by atoms with E-state index in [-0.39, 0.29) is 11.9 Å². The minimum Gasteiger partial charge on any atom is -0.383 e. The molecule has 26 heavy (non-hydrogen) atoms. The number of hydrogen-bond donors (Lipinski definition) is 0. The number of thioether (sulfide) groups is 1. The molecule has 2 rings (SSSR count). The van der Waals surface area contributed by atoms with E-state index in [4.69, 9.17) is 4.74 Å². The fraction of sp³-hybridized carbons (Fsp3) is 0.667. The topological polar surface area (TPSA) is 72.6 Å². The molecule has 144 valence electrons. The molecule has 0 fully saturated rings. The molecule has 0 saturated heterocycles. The van der Waals surface area contributed by atoms with E-state index in [1.54, 1.807) is 11.6 Å². The fourth-order valence-electron chi connectivity index (χ4n) is 3.22.